The third-order valence-electron chi connectivity index (χ3n) is 4.71. The third kappa shape index (κ3) is 4.54. The molecule has 33 heavy (non-hydrogen) atoms. The molecule has 7 nitrogen and oxygen atoms in total. The van der Waals surface area contributed by atoms with Crippen LogP contribution in [0.25, 0.3) is 27.8 Å². The molecule has 0 radical (unpaired) electrons. The number of nitrogens with one attached hydrogen (secondary N) is 1. The van der Waals surface area contributed by atoms with E-state index in [2.05, 4.69) is 5.10 Å². The van der Waals surface area contributed by atoms with Gasteiger partial charge in [0.2, 0.25) is 10.0 Å². The summed E-state index contributed by atoms with van der Waals surface area (Å²) < 4.78 is 40.7. The summed E-state index contributed by atoms with van der Waals surface area (Å²) >= 11 is 12.0. The standard InChI is InChI=1S/C22H13Cl2FN4O3S/c1-33(31,32)28-22(30)12-2-6-19(13(8-12)11-26)29-20-7-4-14(23)9-17(20)21(27-29)16-5-3-15(24)10-18(16)25/h2-10H,1H3,(H,28,30). The van der Waals surface area contributed by atoms with E-state index in [4.69, 9.17) is 23.2 Å². The van der Waals surface area contributed by atoms with Crippen LogP contribution in [0, 0.1) is 17.1 Å². The second-order valence-corrected chi connectivity index (χ2v) is 9.71. The Bertz CT molecular complexity index is 1590. The van der Waals surface area contributed by atoms with Gasteiger partial charge < -0.3 is 0 Å². The molecule has 1 amide bonds. The van der Waals surface area contributed by atoms with Crippen LogP contribution < -0.4 is 4.72 Å². The Labute approximate surface area is 198 Å². The van der Waals surface area contributed by atoms with Crippen LogP contribution in [0.2, 0.25) is 10.0 Å². The first-order valence-corrected chi connectivity index (χ1v) is 11.9. The van der Waals surface area contributed by atoms with Crippen molar-refractivity contribution in [3.05, 3.63) is 81.6 Å². The number of hydrogen-bond acceptors (Lipinski definition) is 5. The predicted octanol–water partition coefficient (Wildman–Crippen LogP) is 4.70. The lowest BCUT2D eigenvalue weighted by Crippen LogP contribution is -2.29. The van der Waals surface area contributed by atoms with Gasteiger partial charge in [0.25, 0.3) is 5.91 Å². The van der Waals surface area contributed by atoms with E-state index in [1.807, 2.05) is 10.8 Å². The van der Waals surface area contributed by atoms with E-state index in [0.29, 0.717) is 21.6 Å². The van der Waals surface area contributed by atoms with Crippen LogP contribution in [-0.4, -0.2) is 30.4 Å². The minimum absolute atomic E-state index is 0.0239. The van der Waals surface area contributed by atoms with Crippen molar-refractivity contribution in [3.63, 3.8) is 0 Å². The summed E-state index contributed by atoms with van der Waals surface area (Å²) in [6, 6.07) is 15.2. The summed E-state index contributed by atoms with van der Waals surface area (Å²) in [5.41, 5.74) is 1.34. The molecular formula is C22H13Cl2FN4O3S. The number of sulfonamides is 1. The normalized spacial score (nSPS) is 11.4. The van der Waals surface area contributed by atoms with Crippen molar-refractivity contribution in [1.82, 2.24) is 14.5 Å². The van der Waals surface area contributed by atoms with Gasteiger partial charge in [0, 0.05) is 26.6 Å². The van der Waals surface area contributed by atoms with Gasteiger partial charge >= 0.3 is 0 Å². The molecule has 0 atom stereocenters. The van der Waals surface area contributed by atoms with Gasteiger partial charge in [-0.3, -0.25) is 4.79 Å². The van der Waals surface area contributed by atoms with E-state index < -0.39 is 21.7 Å². The fourth-order valence-corrected chi connectivity index (χ4v) is 4.12. The number of amides is 1. The van der Waals surface area contributed by atoms with E-state index in [-0.39, 0.29) is 27.4 Å². The van der Waals surface area contributed by atoms with Crippen molar-refractivity contribution in [2.45, 2.75) is 0 Å². The molecule has 0 unspecified atom stereocenters. The minimum Gasteiger partial charge on any atom is -0.268 e. The summed E-state index contributed by atoms with van der Waals surface area (Å²) in [7, 11) is -3.78. The lowest BCUT2D eigenvalue weighted by atomic mass is 10.1. The number of halogens is 3. The Kier molecular flexibility index (Phi) is 5.84. The zero-order chi connectivity index (χ0) is 23.9. The number of carbonyl (C=O) groups excluding carboxylic acids is 1. The second-order valence-electron chi connectivity index (χ2n) is 7.09. The van der Waals surface area contributed by atoms with Crippen LogP contribution >= 0.6 is 23.2 Å². The largest absolute Gasteiger partial charge is 0.268 e. The van der Waals surface area contributed by atoms with Gasteiger partial charge in [-0.1, -0.05) is 23.2 Å². The van der Waals surface area contributed by atoms with Gasteiger partial charge in [-0.2, -0.15) is 10.4 Å². The summed E-state index contributed by atoms with van der Waals surface area (Å²) in [5, 5.41) is 15.4. The van der Waals surface area contributed by atoms with E-state index in [9.17, 15) is 22.9 Å². The zero-order valence-corrected chi connectivity index (χ0v) is 19.1. The molecule has 1 heterocycles. The molecule has 0 aliphatic rings. The first-order chi connectivity index (χ1) is 15.6. The number of hydrogen-bond donors (Lipinski definition) is 1. The first-order valence-electron chi connectivity index (χ1n) is 9.28. The maximum atomic E-state index is 14.7. The van der Waals surface area contributed by atoms with Crippen LogP contribution in [0.15, 0.2) is 54.6 Å². The highest BCUT2D eigenvalue weighted by Gasteiger charge is 2.20. The van der Waals surface area contributed by atoms with Crippen LogP contribution in [0.4, 0.5) is 4.39 Å². The van der Waals surface area contributed by atoms with Crippen LogP contribution in [0.3, 0.4) is 0 Å². The van der Waals surface area contributed by atoms with Gasteiger partial charge in [-0.25, -0.2) is 22.2 Å². The molecule has 0 bridgehead atoms. The van der Waals surface area contributed by atoms with E-state index >= 15 is 0 Å². The average molecular weight is 503 g/mol. The molecule has 166 valence electrons. The topological polar surface area (TPSA) is 105 Å². The lowest BCUT2D eigenvalue weighted by molar-refractivity contribution is 0.0981. The fraction of sp³-hybridized carbons (Fsp3) is 0.0455. The molecule has 0 saturated heterocycles. The molecule has 0 aliphatic heterocycles. The molecule has 0 saturated carbocycles. The maximum Gasteiger partial charge on any atom is 0.264 e. The van der Waals surface area contributed by atoms with E-state index in [0.717, 1.165) is 6.26 Å². The van der Waals surface area contributed by atoms with Gasteiger partial charge in [-0.15, -0.1) is 0 Å². The van der Waals surface area contributed by atoms with Crippen LogP contribution in [0.1, 0.15) is 15.9 Å². The Balaban J connectivity index is 1.92. The van der Waals surface area contributed by atoms with E-state index in [1.54, 1.807) is 18.2 Å². The smallest absolute Gasteiger partial charge is 0.264 e. The number of rotatable bonds is 4. The number of nitrogens with zero attached hydrogens (tertiary/aromatic N) is 3. The Morgan fingerprint density at radius 2 is 1.79 bits per heavy atom. The summed E-state index contributed by atoms with van der Waals surface area (Å²) in [6.45, 7) is 0. The summed E-state index contributed by atoms with van der Waals surface area (Å²) in [6.07, 6.45) is 0.850. The molecule has 4 aromatic rings. The first kappa shape index (κ1) is 22.7. The highest BCUT2D eigenvalue weighted by atomic mass is 35.5. The highest BCUT2D eigenvalue weighted by molar-refractivity contribution is 7.89. The number of benzene rings is 3. The number of fused-ring (bicyclic) bond motifs is 1. The van der Waals surface area contributed by atoms with Crippen LogP contribution in [0.5, 0.6) is 0 Å². The van der Waals surface area contributed by atoms with Crippen molar-refractivity contribution >= 4 is 50.0 Å². The fourth-order valence-electron chi connectivity index (χ4n) is 3.33. The maximum absolute atomic E-state index is 14.7. The number of aromatic nitrogens is 2. The van der Waals surface area contributed by atoms with E-state index in [1.165, 1.54) is 41.1 Å². The highest BCUT2D eigenvalue weighted by Crippen LogP contribution is 2.34. The van der Waals surface area contributed by atoms with Crippen molar-refractivity contribution < 1.29 is 17.6 Å². The van der Waals surface area contributed by atoms with Gasteiger partial charge in [0.1, 0.15) is 17.6 Å². The molecule has 11 heteroatoms. The number of carbonyl (C=O) groups is 1. The van der Waals surface area contributed by atoms with Crippen molar-refractivity contribution in [1.29, 1.82) is 5.26 Å². The van der Waals surface area contributed by atoms with Crippen molar-refractivity contribution in [2.75, 3.05) is 6.26 Å². The molecule has 1 N–H and O–H groups in total. The SMILES string of the molecule is CS(=O)(=O)NC(=O)c1ccc(-n2nc(-c3ccc(Cl)cc3F)c3cc(Cl)ccc32)c(C#N)c1. The summed E-state index contributed by atoms with van der Waals surface area (Å²) in [4.78, 5) is 12.2. The quantitative estimate of drug-likeness (QED) is 0.435. The predicted molar refractivity (Wildman–Crippen MR) is 124 cm³/mol. The lowest BCUT2D eigenvalue weighted by Gasteiger charge is -2.09. The molecule has 4 rings (SSSR count). The van der Waals surface area contributed by atoms with Crippen LogP contribution in [-0.2, 0) is 10.0 Å². The zero-order valence-electron chi connectivity index (χ0n) is 16.8. The van der Waals surface area contributed by atoms with Gasteiger partial charge in [-0.05, 0) is 54.6 Å². The Morgan fingerprint density at radius 1 is 1.09 bits per heavy atom. The average Bonchev–Trinajstić information content (AvgIpc) is 3.10. The number of nitriles is 1. The van der Waals surface area contributed by atoms with Crippen molar-refractivity contribution in [2.24, 2.45) is 0 Å². The Morgan fingerprint density at radius 3 is 2.45 bits per heavy atom. The molecular weight excluding hydrogens is 490 g/mol. The molecule has 0 aliphatic carbocycles. The summed E-state index contributed by atoms with van der Waals surface area (Å²) in [5.74, 6) is -1.45. The monoisotopic (exact) mass is 502 g/mol. The molecule has 3 aromatic carbocycles. The minimum atomic E-state index is -3.78. The molecule has 0 spiro atoms. The van der Waals surface area contributed by atoms with Crippen molar-refractivity contribution in [3.8, 4) is 23.0 Å². The van der Waals surface area contributed by atoms with Gasteiger partial charge in [0.05, 0.1) is 23.0 Å². The molecule has 1 aromatic heterocycles. The Hall–Kier alpha value is -3.45. The molecule has 0 fully saturated rings. The second kappa shape index (κ2) is 8.48. The van der Waals surface area contributed by atoms with Gasteiger partial charge in [0.15, 0.2) is 0 Å². The third-order valence-corrected chi connectivity index (χ3v) is 5.74.